The summed E-state index contributed by atoms with van der Waals surface area (Å²) in [6.45, 7) is 3.07. The summed E-state index contributed by atoms with van der Waals surface area (Å²) in [7, 11) is 0. The van der Waals surface area contributed by atoms with E-state index in [2.05, 4.69) is 0 Å². The van der Waals surface area contributed by atoms with Crippen LogP contribution in [0, 0.1) is 0 Å². The maximum absolute atomic E-state index is 13.3. The number of allylic oxidation sites excluding steroid dienone is 4. The fourth-order valence-corrected chi connectivity index (χ4v) is 1.65. The third-order valence-electron chi connectivity index (χ3n) is 2.86. The van der Waals surface area contributed by atoms with E-state index >= 15 is 0 Å². The molecule has 7 heteroatoms. The number of benzene rings is 1. The molecule has 0 aliphatic rings. The molecule has 22 heavy (non-hydrogen) atoms. The second kappa shape index (κ2) is 6.14. The molecule has 0 nitrogen and oxygen atoms in total. The molecule has 0 unspecified atom stereocenters. The van der Waals surface area contributed by atoms with E-state index in [1.54, 1.807) is 18.2 Å². The highest BCUT2D eigenvalue weighted by Crippen LogP contribution is 2.47. The van der Waals surface area contributed by atoms with Gasteiger partial charge in [0.05, 0.1) is 0 Å². The maximum Gasteiger partial charge on any atom is 0.460 e. The van der Waals surface area contributed by atoms with Gasteiger partial charge in [0.25, 0.3) is 0 Å². The van der Waals surface area contributed by atoms with Crippen molar-refractivity contribution in [1.82, 2.24) is 0 Å². The summed E-state index contributed by atoms with van der Waals surface area (Å²) in [5, 5.41) is 0. The SMILES string of the molecule is CC(C)=C(C=CC(F)(F)C(F)(F)C(F)(F)F)c1ccccc1. The Labute approximate surface area is 122 Å². The predicted molar refractivity (Wildman–Crippen MR) is 69.8 cm³/mol. The number of rotatable bonds is 4. The van der Waals surface area contributed by atoms with Crippen LogP contribution < -0.4 is 0 Å². The Morgan fingerprint density at radius 3 is 1.77 bits per heavy atom. The molecule has 0 spiro atoms. The molecular weight excluding hydrogens is 313 g/mol. The molecule has 0 N–H and O–H groups in total. The zero-order chi connectivity index (χ0) is 17.2. The van der Waals surface area contributed by atoms with E-state index in [1.807, 2.05) is 0 Å². The number of halogens is 7. The van der Waals surface area contributed by atoms with Gasteiger partial charge < -0.3 is 0 Å². The highest BCUT2D eigenvalue weighted by molar-refractivity contribution is 5.76. The van der Waals surface area contributed by atoms with Gasteiger partial charge in [0.2, 0.25) is 0 Å². The molecule has 0 amide bonds. The van der Waals surface area contributed by atoms with E-state index in [0.29, 0.717) is 17.2 Å². The first kappa shape index (κ1) is 18.3. The summed E-state index contributed by atoms with van der Waals surface area (Å²) in [4.78, 5) is 0. The van der Waals surface area contributed by atoms with Gasteiger partial charge >= 0.3 is 18.0 Å². The molecule has 0 aliphatic heterocycles. The van der Waals surface area contributed by atoms with Gasteiger partial charge in [-0.3, -0.25) is 0 Å². The van der Waals surface area contributed by atoms with Gasteiger partial charge in [-0.2, -0.15) is 30.7 Å². The summed E-state index contributed by atoms with van der Waals surface area (Å²) >= 11 is 0. The van der Waals surface area contributed by atoms with Crippen molar-refractivity contribution in [3.63, 3.8) is 0 Å². The summed E-state index contributed by atoms with van der Waals surface area (Å²) in [5.41, 5.74) is 1.08. The molecule has 0 heterocycles. The quantitative estimate of drug-likeness (QED) is 0.479. The summed E-state index contributed by atoms with van der Waals surface area (Å²) < 4.78 is 88.3. The van der Waals surface area contributed by atoms with Crippen LogP contribution in [0.2, 0.25) is 0 Å². The monoisotopic (exact) mass is 326 g/mol. The number of hydrogen-bond acceptors (Lipinski definition) is 0. The van der Waals surface area contributed by atoms with Crippen LogP contribution >= 0.6 is 0 Å². The molecule has 0 aliphatic carbocycles. The fraction of sp³-hybridized carbons (Fsp3) is 0.333. The lowest BCUT2D eigenvalue weighted by atomic mass is 9.99. The van der Waals surface area contributed by atoms with Gasteiger partial charge in [-0.1, -0.05) is 42.0 Å². The molecule has 0 bridgehead atoms. The van der Waals surface area contributed by atoms with Crippen molar-refractivity contribution < 1.29 is 30.7 Å². The molecule has 0 aromatic heterocycles. The molecule has 0 radical (unpaired) electrons. The Kier molecular flexibility index (Phi) is 5.10. The largest absolute Gasteiger partial charge is 0.460 e. The minimum absolute atomic E-state index is 0.151. The lowest BCUT2D eigenvalue weighted by molar-refractivity contribution is -0.341. The lowest BCUT2D eigenvalue weighted by Crippen LogP contribution is -2.50. The first-order valence-electron chi connectivity index (χ1n) is 6.14. The third kappa shape index (κ3) is 3.69. The average molecular weight is 326 g/mol. The molecule has 0 saturated heterocycles. The number of alkyl halides is 7. The van der Waals surface area contributed by atoms with Crippen molar-refractivity contribution in [3.8, 4) is 0 Å². The van der Waals surface area contributed by atoms with Crippen molar-refractivity contribution in [3.05, 3.63) is 53.6 Å². The van der Waals surface area contributed by atoms with Crippen molar-refractivity contribution in [1.29, 1.82) is 0 Å². The Bertz CT molecular complexity index is 561. The minimum atomic E-state index is -6.33. The second-order valence-corrected chi connectivity index (χ2v) is 4.81. The average Bonchev–Trinajstić information content (AvgIpc) is 2.38. The normalized spacial score (nSPS) is 13.5. The van der Waals surface area contributed by atoms with Gasteiger partial charge in [0, 0.05) is 0 Å². The molecule has 1 aromatic rings. The van der Waals surface area contributed by atoms with E-state index < -0.39 is 24.1 Å². The Morgan fingerprint density at radius 1 is 0.864 bits per heavy atom. The summed E-state index contributed by atoms with van der Waals surface area (Å²) in [6.07, 6.45) is -6.15. The highest BCUT2D eigenvalue weighted by Gasteiger charge is 2.71. The summed E-state index contributed by atoms with van der Waals surface area (Å²) in [5.74, 6) is -11.5. The second-order valence-electron chi connectivity index (χ2n) is 4.81. The maximum atomic E-state index is 13.3. The predicted octanol–water partition coefficient (Wildman–Crippen LogP) is 5.87. The fourth-order valence-electron chi connectivity index (χ4n) is 1.65. The van der Waals surface area contributed by atoms with Crippen LogP contribution in [-0.4, -0.2) is 18.0 Å². The number of hydrogen-bond donors (Lipinski definition) is 0. The van der Waals surface area contributed by atoms with Gasteiger partial charge in [0.1, 0.15) is 0 Å². The van der Waals surface area contributed by atoms with Gasteiger partial charge in [0.15, 0.2) is 0 Å². The Morgan fingerprint density at radius 2 is 1.36 bits per heavy atom. The van der Waals surface area contributed by atoms with E-state index in [4.69, 9.17) is 0 Å². The highest BCUT2D eigenvalue weighted by atomic mass is 19.4. The van der Waals surface area contributed by atoms with Gasteiger partial charge in [-0.05, 0) is 31.1 Å². The third-order valence-corrected chi connectivity index (χ3v) is 2.86. The molecular formula is C15H13F7. The van der Waals surface area contributed by atoms with Crippen molar-refractivity contribution in [2.75, 3.05) is 0 Å². The Hall–Kier alpha value is -1.79. The Balaban J connectivity index is 3.20. The van der Waals surface area contributed by atoms with Crippen LogP contribution in [0.25, 0.3) is 5.57 Å². The van der Waals surface area contributed by atoms with Gasteiger partial charge in [-0.25, -0.2) is 0 Å². The van der Waals surface area contributed by atoms with Crippen LogP contribution in [0.3, 0.4) is 0 Å². The molecule has 0 saturated carbocycles. The minimum Gasteiger partial charge on any atom is -0.195 e. The van der Waals surface area contributed by atoms with Crippen molar-refractivity contribution in [2.45, 2.75) is 31.9 Å². The summed E-state index contributed by atoms with van der Waals surface area (Å²) in [6, 6.07) is 7.91. The van der Waals surface area contributed by atoms with E-state index in [1.165, 1.54) is 26.0 Å². The molecule has 0 atom stereocenters. The molecule has 1 aromatic carbocycles. The molecule has 122 valence electrons. The zero-order valence-electron chi connectivity index (χ0n) is 11.7. The molecule has 1 rings (SSSR count). The lowest BCUT2D eigenvalue weighted by Gasteiger charge is -2.25. The van der Waals surface area contributed by atoms with Crippen molar-refractivity contribution >= 4 is 5.57 Å². The first-order valence-corrected chi connectivity index (χ1v) is 6.14. The zero-order valence-corrected chi connectivity index (χ0v) is 11.7. The van der Waals surface area contributed by atoms with E-state index in [0.717, 1.165) is 0 Å². The van der Waals surface area contributed by atoms with Crippen LogP contribution in [0.15, 0.2) is 48.1 Å². The van der Waals surface area contributed by atoms with Crippen LogP contribution in [0.5, 0.6) is 0 Å². The first-order chi connectivity index (χ1) is 9.90. The van der Waals surface area contributed by atoms with E-state index in [9.17, 15) is 30.7 Å². The van der Waals surface area contributed by atoms with Gasteiger partial charge in [-0.15, -0.1) is 0 Å². The van der Waals surface area contributed by atoms with E-state index in [-0.39, 0.29) is 5.57 Å². The van der Waals surface area contributed by atoms with Crippen LogP contribution in [-0.2, 0) is 0 Å². The van der Waals surface area contributed by atoms with Crippen LogP contribution in [0.1, 0.15) is 19.4 Å². The standard InChI is InChI=1S/C15H13F7/c1-10(2)12(11-6-4-3-5-7-11)8-9-13(16,17)14(18,19)15(20,21)22/h3-9H,1-2H3. The van der Waals surface area contributed by atoms with Crippen molar-refractivity contribution in [2.24, 2.45) is 0 Å². The topological polar surface area (TPSA) is 0 Å². The van der Waals surface area contributed by atoms with Crippen LogP contribution in [0.4, 0.5) is 30.7 Å². The smallest absolute Gasteiger partial charge is 0.195 e. The molecule has 0 fully saturated rings.